The SMILES string of the molecule is C[C@@H](NC(=O)N1C(=O)[C@@]2(c3cc(C#CCN(C)Cc4ccccc4)ccc31)[C@H](c1ccc(OCCO)cc1)N1[C@H](c3ccccc3)[C@H](c3ccccc3)OC(=O)[C@H]1[C@@H]2C(=O)N1CCCCCCC1)c1ccccc1. The van der Waals surface area contributed by atoms with Gasteiger partial charge in [0.15, 0.2) is 0 Å². The van der Waals surface area contributed by atoms with Crippen LogP contribution in [-0.2, 0) is 31.1 Å². The molecule has 0 unspecified atom stereocenters. The summed E-state index contributed by atoms with van der Waals surface area (Å²) >= 11 is 0. The van der Waals surface area contributed by atoms with Gasteiger partial charge >= 0.3 is 12.0 Å². The third-order valence-electron chi connectivity index (χ3n) is 15.2. The maximum atomic E-state index is 16.9. The van der Waals surface area contributed by atoms with Crippen LogP contribution >= 0.6 is 0 Å². The minimum Gasteiger partial charge on any atom is -0.491 e. The lowest BCUT2D eigenvalue weighted by Crippen LogP contribution is -2.57. The molecule has 12 nitrogen and oxygen atoms in total. The van der Waals surface area contributed by atoms with Crippen LogP contribution in [0.3, 0.4) is 0 Å². The number of amides is 4. The number of carbonyl (C=O) groups is 4. The van der Waals surface area contributed by atoms with Gasteiger partial charge in [-0.05, 0) is 90.5 Å². The van der Waals surface area contributed by atoms with Gasteiger partial charge in [-0.25, -0.2) is 9.69 Å². The summed E-state index contributed by atoms with van der Waals surface area (Å²) < 4.78 is 12.6. The number of nitrogens with zero attached hydrogens (tertiary/aromatic N) is 4. The summed E-state index contributed by atoms with van der Waals surface area (Å²) in [6.45, 7) is 3.77. The van der Waals surface area contributed by atoms with Crippen LogP contribution in [0.2, 0.25) is 0 Å². The van der Waals surface area contributed by atoms with Crippen LogP contribution in [0, 0.1) is 17.8 Å². The van der Waals surface area contributed by atoms with Crippen molar-refractivity contribution >= 4 is 29.5 Å². The van der Waals surface area contributed by atoms with Crippen LogP contribution in [0.15, 0.2) is 164 Å². The van der Waals surface area contributed by atoms with Gasteiger partial charge in [-0.15, -0.1) is 0 Å². The number of ether oxygens (including phenoxy) is 2. The van der Waals surface area contributed by atoms with E-state index in [4.69, 9.17) is 9.47 Å². The Bertz CT molecular complexity index is 2990. The van der Waals surface area contributed by atoms with Gasteiger partial charge in [0, 0.05) is 25.2 Å². The first-order valence-corrected chi connectivity index (χ1v) is 25.9. The van der Waals surface area contributed by atoms with Crippen molar-refractivity contribution < 1.29 is 33.8 Å². The lowest BCUT2D eigenvalue weighted by molar-refractivity contribution is -0.179. The first kappa shape index (κ1) is 50.0. The largest absolute Gasteiger partial charge is 0.491 e. The minimum atomic E-state index is -1.92. The van der Waals surface area contributed by atoms with Crippen molar-refractivity contribution in [1.82, 2.24) is 20.0 Å². The van der Waals surface area contributed by atoms with Crippen LogP contribution in [0.4, 0.5) is 10.5 Å². The number of hydrogen-bond donors (Lipinski definition) is 2. The van der Waals surface area contributed by atoms with Crippen molar-refractivity contribution in [2.45, 2.75) is 81.3 Å². The number of esters is 1. The number of rotatable bonds is 12. The number of imide groups is 1. The van der Waals surface area contributed by atoms with Gasteiger partial charge in [-0.3, -0.25) is 24.2 Å². The van der Waals surface area contributed by atoms with E-state index in [0.29, 0.717) is 54.3 Å². The standard InChI is InChI=1S/C62H63N5O7/c1-43(46-24-12-7-13-25-46)63-61(72)66-52-35-30-44(23-20-36-64(2)42-45-21-10-6-11-22-45)41-51(52)62(60(66)71)53(58(69)65-37-18-4-3-5-19-38-65)55-59(70)74-56(48-28-16-9-17-29-48)54(47-26-14-8-15-27-47)67(55)57(62)49-31-33-50(34-32-49)73-40-39-68/h6-17,21-22,24-35,41,43,53-57,68H,3-5,18-19,36-40,42H2,1-2H3,(H,63,72)/t43-,53-,54-,55-,56+,57+,62-/m1/s1. The quantitative estimate of drug-likeness (QED) is 0.0910. The maximum Gasteiger partial charge on any atom is 0.329 e. The number of nitrogens with one attached hydrogen (secondary N) is 1. The molecule has 0 aliphatic carbocycles. The minimum absolute atomic E-state index is 0.0667. The second kappa shape index (κ2) is 22.3. The Morgan fingerprint density at radius 3 is 2.05 bits per heavy atom. The molecule has 10 rings (SSSR count). The molecule has 0 aromatic heterocycles. The highest BCUT2D eigenvalue weighted by Crippen LogP contribution is 2.66. The molecule has 0 radical (unpaired) electrons. The lowest BCUT2D eigenvalue weighted by atomic mass is 9.64. The Hall–Kier alpha value is -7.56. The molecule has 0 bridgehead atoms. The molecule has 3 saturated heterocycles. The van der Waals surface area contributed by atoms with Crippen molar-refractivity contribution in [3.8, 4) is 17.6 Å². The van der Waals surface area contributed by atoms with E-state index in [2.05, 4.69) is 39.1 Å². The number of likely N-dealkylation sites (tertiary alicyclic amines) is 1. The smallest absolute Gasteiger partial charge is 0.329 e. The molecule has 378 valence electrons. The molecule has 12 heteroatoms. The molecule has 6 aromatic carbocycles. The van der Waals surface area contributed by atoms with E-state index in [1.165, 1.54) is 4.90 Å². The van der Waals surface area contributed by atoms with Gasteiger partial charge in [-0.1, -0.05) is 165 Å². The molecule has 1 spiro atoms. The number of morpholine rings is 1. The summed E-state index contributed by atoms with van der Waals surface area (Å²) in [5, 5.41) is 12.8. The van der Waals surface area contributed by atoms with Crippen LogP contribution in [0.5, 0.6) is 5.75 Å². The highest BCUT2D eigenvalue weighted by Gasteiger charge is 2.76. The van der Waals surface area contributed by atoms with Gasteiger partial charge in [0.2, 0.25) is 11.8 Å². The zero-order valence-corrected chi connectivity index (χ0v) is 42.0. The van der Waals surface area contributed by atoms with E-state index >= 15 is 19.2 Å². The number of benzene rings is 6. The number of aliphatic hydroxyl groups is 1. The third kappa shape index (κ3) is 9.71. The highest BCUT2D eigenvalue weighted by atomic mass is 16.6. The molecule has 4 aliphatic rings. The van der Waals surface area contributed by atoms with Crippen molar-refractivity contribution in [3.63, 3.8) is 0 Å². The molecule has 6 aromatic rings. The van der Waals surface area contributed by atoms with E-state index < -0.39 is 59.5 Å². The van der Waals surface area contributed by atoms with Crippen LogP contribution < -0.4 is 15.0 Å². The van der Waals surface area contributed by atoms with Crippen molar-refractivity contribution in [2.75, 3.05) is 44.8 Å². The van der Waals surface area contributed by atoms with E-state index in [1.807, 2.05) is 152 Å². The monoisotopic (exact) mass is 989 g/mol. The predicted molar refractivity (Wildman–Crippen MR) is 284 cm³/mol. The highest BCUT2D eigenvalue weighted by molar-refractivity contribution is 6.24. The first-order valence-electron chi connectivity index (χ1n) is 25.9. The predicted octanol–water partition coefficient (Wildman–Crippen LogP) is 9.47. The van der Waals surface area contributed by atoms with Crippen molar-refractivity contribution in [1.29, 1.82) is 0 Å². The van der Waals surface area contributed by atoms with Gasteiger partial charge in [-0.2, -0.15) is 0 Å². The first-order chi connectivity index (χ1) is 36.2. The fourth-order valence-corrected chi connectivity index (χ4v) is 11.8. The van der Waals surface area contributed by atoms with Crippen molar-refractivity contribution in [3.05, 3.63) is 203 Å². The van der Waals surface area contributed by atoms with Gasteiger partial charge in [0.05, 0.1) is 42.9 Å². The number of aliphatic hydroxyl groups excluding tert-OH is 1. The van der Waals surface area contributed by atoms with Crippen LogP contribution in [0.25, 0.3) is 0 Å². The van der Waals surface area contributed by atoms with Crippen LogP contribution in [-0.4, -0.2) is 89.6 Å². The van der Waals surface area contributed by atoms with Gasteiger partial charge < -0.3 is 24.8 Å². The Morgan fingerprint density at radius 1 is 0.770 bits per heavy atom. The lowest BCUT2D eigenvalue weighted by Gasteiger charge is -2.46. The summed E-state index contributed by atoms with van der Waals surface area (Å²) in [5.74, 6) is 4.27. The number of carbonyl (C=O) groups excluding carboxylic acids is 4. The second-order valence-corrected chi connectivity index (χ2v) is 19.9. The number of hydrogen-bond acceptors (Lipinski definition) is 9. The Morgan fingerprint density at radius 2 is 1.39 bits per heavy atom. The zero-order valence-electron chi connectivity index (χ0n) is 42.0. The normalized spacial score (nSPS) is 22.9. The van der Waals surface area contributed by atoms with E-state index in [9.17, 15) is 5.11 Å². The van der Waals surface area contributed by atoms with Gasteiger partial charge in [0.25, 0.3) is 0 Å². The maximum absolute atomic E-state index is 16.9. The molecule has 74 heavy (non-hydrogen) atoms. The van der Waals surface area contributed by atoms with E-state index in [-0.39, 0.29) is 19.1 Å². The number of cyclic esters (lactones) is 1. The molecule has 3 fully saturated rings. The number of anilines is 1. The van der Waals surface area contributed by atoms with Gasteiger partial charge in [0.1, 0.15) is 29.9 Å². The zero-order chi connectivity index (χ0) is 51.2. The number of fused-ring (bicyclic) bond motifs is 3. The fraction of sp³-hybridized carbons (Fsp3) is 0.323. The van der Waals surface area contributed by atoms with Crippen LogP contribution in [0.1, 0.15) is 102 Å². The summed E-state index contributed by atoms with van der Waals surface area (Å²) in [6, 6.07) is 47.7. The molecular weight excluding hydrogens is 927 g/mol. The average Bonchev–Trinajstić information content (AvgIpc) is 3.94. The molecule has 4 aliphatic heterocycles. The summed E-state index contributed by atoms with van der Waals surface area (Å²) in [4.78, 5) is 71.5. The Balaban J connectivity index is 1.22. The van der Waals surface area contributed by atoms with E-state index in [1.54, 1.807) is 18.2 Å². The Labute approximate surface area is 433 Å². The number of urea groups is 1. The molecule has 2 N–H and O–H groups in total. The molecule has 4 heterocycles. The average molecular weight is 990 g/mol. The topological polar surface area (TPSA) is 132 Å². The second-order valence-electron chi connectivity index (χ2n) is 19.9. The molecule has 7 atom stereocenters. The summed E-state index contributed by atoms with van der Waals surface area (Å²) in [7, 11) is 2.01. The fourth-order valence-electron chi connectivity index (χ4n) is 11.8. The van der Waals surface area contributed by atoms with E-state index in [0.717, 1.165) is 54.4 Å². The molecule has 4 amide bonds. The summed E-state index contributed by atoms with van der Waals surface area (Å²) in [6.07, 6.45) is 3.60. The summed E-state index contributed by atoms with van der Waals surface area (Å²) in [5.41, 5.74) is 3.59. The third-order valence-corrected chi connectivity index (χ3v) is 15.2. The van der Waals surface area contributed by atoms with Crippen molar-refractivity contribution in [2.24, 2.45) is 5.92 Å². The molecule has 0 saturated carbocycles. The Kier molecular flexibility index (Phi) is 15.1. The molecular formula is C62H63N5O7.